The molecule has 3 aromatic rings. The lowest BCUT2D eigenvalue weighted by Gasteiger charge is -2.02. The number of benzene rings is 2. The molecule has 22 heavy (non-hydrogen) atoms. The number of hydrogen-bond acceptors (Lipinski definition) is 3. The molecule has 0 aliphatic heterocycles. The van der Waals surface area contributed by atoms with Crippen LogP contribution in [-0.2, 0) is 11.8 Å². The van der Waals surface area contributed by atoms with E-state index in [4.69, 9.17) is 16.3 Å². The van der Waals surface area contributed by atoms with Crippen LogP contribution in [-0.4, -0.2) is 15.5 Å². The number of fused-ring (bicyclic) bond motifs is 1. The Hall–Kier alpha value is -2.59. The molecule has 1 aromatic heterocycles. The summed E-state index contributed by atoms with van der Waals surface area (Å²) in [6.45, 7) is 0. The lowest BCUT2D eigenvalue weighted by molar-refractivity contribution is -0.128. The van der Waals surface area contributed by atoms with Gasteiger partial charge < -0.3 is 9.30 Å². The number of carbonyl (C=O) groups is 1. The number of ether oxygens (including phenoxy) is 1. The molecular weight excluding hydrogens is 300 g/mol. The van der Waals surface area contributed by atoms with Gasteiger partial charge in [0.2, 0.25) is 0 Å². The van der Waals surface area contributed by atoms with E-state index in [9.17, 15) is 4.79 Å². The summed E-state index contributed by atoms with van der Waals surface area (Å²) in [6, 6.07) is 12.6. The van der Waals surface area contributed by atoms with E-state index >= 15 is 0 Å². The standard InChI is InChI=1S/C17H13ClN2O2/c1-20-11-19-15-10-13(7-8-16(15)20)22-17(21)9-6-12-4-2-3-5-14(12)18/h2-11H,1H3. The predicted molar refractivity (Wildman–Crippen MR) is 86.8 cm³/mol. The lowest BCUT2D eigenvalue weighted by atomic mass is 10.2. The zero-order valence-corrected chi connectivity index (χ0v) is 12.6. The fourth-order valence-corrected chi connectivity index (χ4v) is 2.30. The Morgan fingerprint density at radius 3 is 2.91 bits per heavy atom. The van der Waals surface area contributed by atoms with Gasteiger partial charge in [0.05, 0.1) is 17.4 Å². The molecule has 0 spiro atoms. The molecule has 110 valence electrons. The molecule has 3 rings (SSSR count). The summed E-state index contributed by atoms with van der Waals surface area (Å²) in [6.07, 6.45) is 4.70. The summed E-state index contributed by atoms with van der Waals surface area (Å²) < 4.78 is 7.18. The molecule has 0 aliphatic rings. The quantitative estimate of drug-likeness (QED) is 0.419. The van der Waals surface area contributed by atoms with Crippen molar-refractivity contribution < 1.29 is 9.53 Å². The summed E-state index contributed by atoms with van der Waals surface area (Å²) in [5.74, 6) is -0.00444. The van der Waals surface area contributed by atoms with Crippen molar-refractivity contribution >= 4 is 34.7 Å². The highest BCUT2D eigenvalue weighted by Crippen LogP contribution is 2.20. The van der Waals surface area contributed by atoms with E-state index in [-0.39, 0.29) is 0 Å². The third-order valence-corrected chi connectivity index (χ3v) is 3.56. The van der Waals surface area contributed by atoms with Crippen molar-refractivity contribution in [3.05, 3.63) is 65.5 Å². The van der Waals surface area contributed by atoms with Crippen molar-refractivity contribution in [2.75, 3.05) is 0 Å². The number of hydrogen-bond donors (Lipinski definition) is 0. The number of esters is 1. The van der Waals surface area contributed by atoms with Gasteiger partial charge in [0.15, 0.2) is 0 Å². The molecule has 0 amide bonds. The van der Waals surface area contributed by atoms with Crippen LogP contribution in [0.5, 0.6) is 5.75 Å². The Bertz CT molecular complexity index is 868. The van der Waals surface area contributed by atoms with Gasteiger partial charge in [-0.1, -0.05) is 29.8 Å². The third kappa shape index (κ3) is 3.02. The van der Waals surface area contributed by atoms with Crippen molar-refractivity contribution in [3.63, 3.8) is 0 Å². The van der Waals surface area contributed by atoms with Crippen molar-refractivity contribution in [1.82, 2.24) is 9.55 Å². The average molecular weight is 313 g/mol. The second-order valence-corrected chi connectivity index (χ2v) is 5.19. The van der Waals surface area contributed by atoms with Gasteiger partial charge >= 0.3 is 5.97 Å². The van der Waals surface area contributed by atoms with Gasteiger partial charge in [-0.15, -0.1) is 0 Å². The van der Waals surface area contributed by atoms with Crippen molar-refractivity contribution in [1.29, 1.82) is 0 Å². The summed E-state index contributed by atoms with van der Waals surface area (Å²) in [4.78, 5) is 16.1. The van der Waals surface area contributed by atoms with Gasteiger partial charge in [-0.05, 0) is 29.8 Å². The van der Waals surface area contributed by atoms with E-state index < -0.39 is 5.97 Å². The van der Waals surface area contributed by atoms with E-state index in [1.807, 2.05) is 35.9 Å². The van der Waals surface area contributed by atoms with Crippen LogP contribution in [0.1, 0.15) is 5.56 Å². The van der Waals surface area contributed by atoms with Crippen LogP contribution < -0.4 is 4.74 Å². The van der Waals surface area contributed by atoms with E-state index in [1.54, 1.807) is 30.6 Å². The molecule has 4 nitrogen and oxygen atoms in total. The maximum absolute atomic E-state index is 11.9. The summed E-state index contributed by atoms with van der Waals surface area (Å²) in [7, 11) is 1.91. The number of carbonyl (C=O) groups excluding carboxylic acids is 1. The molecule has 5 heteroatoms. The zero-order chi connectivity index (χ0) is 15.5. The molecule has 0 radical (unpaired) electrons. The predicted octanol–water partition coefficient (Wildman–Crippen LogP) is 3.85. The SMILES string of the molecule is Cn1cnc2cc(OC(=O)C=Cc3ccccc3Cl)ccc21. The minimum atomic E-state index is -0.463. The minimum absolute atomic E-state index is 0.458. The molecule has 0 aliphatic carbocycles. The van der Waals surface area contributed by atoms with Gasteiger partial charge in [0.25, 0.3) is 0 Å². The monoisotopic (exact) mass is 312 g/mol. The first-order valence-corrected chi connectivity index (χ1v) is 7.07. The Morgan fingerprint density at radius 1 is 1.27 bits per heavy atom. The highest BCUT2D eigenvalue weighted by atomic mass is 35.5. The highest BCUT2D eigenvalue weighted by Gasteiger charge is 2.05. The number of halogens is 1. The summed E-state index contributed by atoms with van der Waals surface area (Å²) in [5.41, 5.74) is 2.52. The molecule has 0 unspecified atom stereocenters. The van der Waals surface area contributed by atoms with Crippen LogP contribution in [0.4, 0.5) is 0 Å². The molecule has 2 aromatic carbocycles. The summed E-state index contributed by atoms with van der Waals surface area (Å²) >= 11 is 6.02. The molecule has 0 N–H and O–H groups in total. The molecular formula is C17H13ClN2O2. The van der Waals surface area contributed by atoms with Gasteiger partial charge in [-0.25, -0.2) is 9.78 Å². The van der Waals surface area contributed by atoms with E-state index in [1.165, 1.54) is 6.08 Å². The molecule has 0 atom stereocenters. The first-order valence-electron chi connectivity index (χ1n) is 6.69. The molecule has 0 saturated heterocycles. The molecule has 1 heterocycles. The third-order valence-electron chi connectivity index (χ3n) is 3.22. The van der Waals surface area contributed by atoms with Crippen LogP contribution in [0.3, 0.4) is 0 Å². The number of imidazole rings is 1. The average Bonchev–Trinajstić information content (AvgIpc) is 2.87. The Morgan fingerprint density at radius 2 is 2.09 bits per heavy atom. The van der Waals surface area contributed by atoms with Crippen LogP contribution in [0, 0.1) is 0 Å². The Labute approximate surface area is 132 Å². The largest absolute Gasteiger partial charge is 0.423 e. The fraction of sp³-hybridized carbons (Fsp3) is 0.0588. The van der Waals surface area contributed by atoms with Gasteiger partial charge in [-0.2, -0.15) is 0 Å². The maximum Gasteiger partial charge on any atom is 0.336 e. The summed E-state index contributed by atoms with van der Waals surface area (Å²) in [5, 5.41) is 0.585. The van der Waals surface area contributed by atoms with Crippen LogP contribution >= 0.6 is 11.6 Å². The molecule has 0 fully saturated rings. The Kier molecular flexibility index (Phi) is 3.94. The first-order chi connectivity index (χ1) is 10.6. The lowest BCUT2D eigenvalue weighted by Crippen LogP contribution is -2.03. The Balaban J connectivity index is 1.74. The zero-order valence-electron chi connectivity index (χ0n) is 11.9. The van der Waals surface area contributed by atoms with E-state index in [2.05, 4.69) is 4.98 Å². The number of nitrogens with zero attached hydrogens (tertiary/aromatic N) is 2. The molecule has 0 bridgehead atoms. The number of aryl methyl sites for hydroxylation is 1. The molecule has 0 saturated carbocycles. The fourth-order valence-electron chi connectivity index (χ4n) is 2.10. The van der Waals surface area contributed by atoms with Crippen molar-refractivity contribution in [3.8, 4) is 5.75 Å². The normalized spacial score (nSPS) is 11.2. The minimum Gasteiger partial charge on any atom is -0.423 e. The highest BCUT2D eigenvalue weighted by molar-refractivity contribution is 6.32. The van der Waals surface area contributed by atoms with Crippen LogP contribution in [0.25, 0.3) is 17.1 Å². The van der Waals surface area contributed by atoms with E-state index in [0.717, 1.165) is 16.6 Å². The second-order valence-electron chi connectivity index (χ2n) is 4.78. The van der Waals surface area contributed by atoms with Crippen molar-refractivity contribution in [2.45, 2.75) is 0 Å². The number of aromatic nitrogens is 2. The van der Waals surface area contributed by atoms with E-state index in [0.29, 0.717) is 10.8 Å². The first kappa shape index (κ1) is 14.4. The van der Waals surface area contributed by atoms with Crippen LogP contribution in [0.2, 0.25) is 5.02 Å². The maximum atomic E-state index is 11.9. The van der Waals surface area contributed by atoms with Gasteiger partial charge in [-0.3, -0.25) is 0 Å². The van der Waals surface area contributed by atoms with Gasteiger partial charge in [0, 0.05) is 24.2 Å². The van der Waals surface area contributed by atoms with Gasteiger partial charge in [0.1, 0.15) is 5.75 Å². The van der Waals surface area contributed by atoms with Crippen molar-refractivity contribution in [2.24, 2.45) is 7.05 Å². The topological polar surface area (TPSA) is 44.1 Å². The van der Waals surface area contributed by atoms with Crippen LogP contribution in [0.15, 0.2) is 54.9 Å². The smallest absolute Gasteiger partial charge is 0.336 e. The number of rotatable bonds is 3. The second kappa shape index (κ2) is 6.03.